The van der Waals surface area contributed by atoms with E-state index < -0.39 is 0 Å². The molecule has 1 amide bonds. The van der Waals surface area contributed by atoms with Gasteiger partial charge in [0.2, 0.25) is 5.91 Å². The van der Waals surface area contributed by atoms with E-state index in [9.17, 15) is 4.79 Å². The molecule has 1 aromatic rings. The van der Waals surface area contributed by atoms with E-state index in [0.29, 0.717) is 24.7 Å². The molecule has 1 aromatic carbocycles. The average Bonchev–Trinajstić information content (AvgIpc) is 2.53. The number of aliphatic imine (C=N–C) groups is 1. The zero-order valence-corrected chi connectivity index (χ0v) is 13.4. The van der Waals surface area contributed by atoms with Crippen LogP contribution in [0.3, 0.4) is 0 Å². The molecule has 0 bridgehead atoms. The molecule has 0 aliphatic carbocycles. The molecule has 1 heterocycles. The molecule has 0 unspecified atom stereocenters. The maximum absolute atomic E-state index is 10.9. The second-order valence-corrected chi connectivity index (χ2v) is 5.62. The average molecular weight is 316 g/mol. The van der Waals surface area contributed by atoms with Crippen molar-refractivity contribution in [3.63, 3.8) is 0 Å². The first-order chi connectivity index (χ1) is 11.0. The molecule has 1 aliphatic rings. The minimum Gasteiger partial charge on any atom is -0.403 e. The quantitative estimate of drug-likeness (QED) is 0.520. The lowest BCUT2D eigenvalue weighted by Crippen LogP contribution is -2.52. The molecule has 0 atom stereocenters. The van der Waals surface area contributed by atoms with Gasteiger partial charge in [0.15, 0.2) is 5.96 Å². The van der Waals surface area contributed by atoms with Gasteiger partial charge in [0.05, 0.1) is 12.2 Å². The van der Waals surface area contributed by atoms with E-state index in [1.165, 1.54) is 11.8 Å². The van der Waals surface area contributed by atoms with Crippen molar-refractivity contribution in [1.82, 2.24) is 9.80 Å². The van der Waals surface area contributed by atoms with Crippen molar-refractivity contribution in [1.29, 1.82) is 0 Å². The van der Waals surface area contributed by atoms with Gasteiger partial charge in [0.25, 0.3) is 0 Å². The number of rotatable bonds is 4. The number of amides is 1. The van der Waals surface area contributed by atoms with Gasteiger partial charge in [-0.3, -0.25) is 9.69 Å². The highest BCUT2D eigenvalue weighted by Gasteiger charge is 2.19. The van der Waals surface area contributed by atoms with E-state index in [1.54, 1.807) is 0 Å². The maximum atomic E-state index is 10.9. The molecule has 0 saturated carbocycles. The van der Waals surface area contributed by atoms with Gasteiger partial charge in [0.1, 0.15) is 0 Å². The third-order valence-corrected chi connectivity index (χ3v) is 3.82. The van der Waals surface area contributed by atoms with Crippen LogP contribution < -0.4 is 17.2 Å². The Hall–Kier alpha value is -2.54. The first kappa shape index (κ1) is 16.8. The van der Waals surface area contributed by atoms with E-state index in [1.807, 2.05) is 41.0 Å². The van der Waals surface area contributed by atoms with Gasteiger partial charge in [-0.25, -0.2) is 4.99 Å². The summed E-state index contributed by atoms with van der Waals surface area (Å²) in [6.07, 6.45) is 1.46. The van der Waals surface area contributed by atoms with Crippen molar-refractivity contribution in [2.75, 3.05) is 32.7 Å². The van der Waals surface area contributed by atoms with Crippen LogP contribution in [-0.4, -0.2) is 54.4 Å². The molecule has 1 aliphatic heterocycles. The predicted molar refractivity (Wildman–Crippen MR) is 92.2 cm³/mol. The second-order valence-electron chi connectivity index (χ2n) is 5.62. The summed E-state index contributed by atoms with van der Waals surface area (Å²) in [5.74, 6) is 0.119. The SMILES string of the molecule is Cc1ccc(/C(=C/N)N=C(N)N2CCN(CC(N)=O)CC2)cc1. The van der Waals surface area contributed by atoms with E-state index in [-0.39, 0.29) is 12.5 Å². The predicted octanol–water partition coefficient (Wildman–Crippen LogP) is -0.330. The number of guanidine groups is 1. The Labute approximate surface area is 136 Å². The van der Waals surface area contributed by atoms with Crippen LogP contribution >= 0.6 is 0 Å². The summed E-state index contributed by atoms with van der Waals surface area (Å²) in [6.45, 7) is 5.17. The van der Waals surface area contributed by atoms with Crippen LogP contribution in [0.2, 0.25) is 0 Å². The van der Waals surface area contributed by atoms with Crippen LogP contribution in [0, 0.1) is 6.92 Å². The van der Waals surface area contributed by atoms with Crippen molar-refractivity contribution >= 4 is 17.6 Å². The molecule has 23 heavy (non-hydrogen) atoms. The maximum Gasteiger partial charge on any atom is 0.231 e. The van der Waals surface area contributed by atoms with E-state index in [0.717, 1.165) is 18.7 Å². The monoisotopic (exact) mass is 316 g/mol. The molecule has 0 aromatic heterocycles. The molecule has 0 spiro atoms. The molecule has 1 fully saturated rings. The Morgan fingerprint density at radius 3 is 2.30 bits per heavy atom. The summed E-state index contributed by atoms with van der Waals surface area (Å²) in [4.78, 5) is 19.4. The molecule has 6 N–H and O–H groups in total. The summed E-state index contributed by atoms with van der Waals surface area (Å²) in [6, 6.07) is 7.95. The Balaban J connectivity index is 2.01. The van der Waals surface area contributed by atoms with E-state index in [2.05, 4.69) is 4.99 Å². The number of carbonyl (C=O) groups excluding carboxylic acids is 1. The molecular formula is C16H24N6O. The lowest BCUT2D eigenvalue weighted by molar-refractivity contribution is -0.119. The lowest BCUT2D eigenvalue weighted by Gasteiger charge is -2.34. The highest BCUT2D eigenvalue weighted by atomic mass is 16.1. The number of benzene rings is 1. The van der Waals surface area contributed by atoms with Crippen LogP contribution in [-0.2, 0) is 4.79 Å². The van der Waals surface area contributed by atoms with E-state index in [4.69, 9.17) is 17.2 Å². The number of aryl methyl sites for hydroxylation is 1. The summed E-state index contributed by atoms with van der Waals surface area (Å²) in [7, 11) is 0. The standard InChI is InChI=1S/C16H24N6O/c1-12-2-4-13(5-3-12)14(10-17)20-16(19)22-8-6-21(7-9-22)11-15(18)23/h2-5,10H,6-9,11,17H2,1H3,(H2,18,23)(H2,19,20)/b14-10-. The topological polar surface area (TPSA) is 114 Å². The number of hydrogen-bond acceptors (Lipinski definition) is 4. The van der Waals surface area contributed by atoms with Crippen molar-refractivity contribution in [3.8, 4) is 0 Å². The minimum absolute atomic E-state index is 0.280. The van der Waals surface area contributed by atoms with Gasteiger partial charge in [-0.1, -0.05) is 29.8 Å². The number of hydrogen-bond donors (Lipinski definition) is 3. The summed E-state index contributed by atoms with van der Waals surface area (Å²) in [5, 5.41) is 0. The zero-order valence-electron chi connectivity index (χ0n) is 13.4. The molecule has 1 saturated heterocycles. The first-order valence-corrected chi connectivity index (χ1v) is 7.58. The van der Waals surface area contributed by atoms with Gasteiger partial charge in [0, 0.05) is 37.9 Å². The van der Waals surface area contributed by atoms with Crippen molar-refractivity contribution in [3.05, 3.63) is 41.6 Å². The second kappa shape index (κ2) is 7.64. The Kier molecular flexibility index (Phi) is 5.59. The van der Waals surface area contributed by atoms with Gasteiger partial charge in [-0.05, 0) is 6.92 Å². The summed E-state index contributed by atoms with van der Waals surface area (Å²) >= 11 is 0. The highest BCUT2D eigenvalue weighted by Crippen LogP contribution is 2.16. The zero-order chi connectivity index (χ0) is 16.8. The highest BCUT2D eigenvalue weighted by molar-refractivity contribution is 5.85. The van der Waals surface area contributed by atoms with Gasteiger partial charge in [-0.15, -0.1) is 0 Å². The normalized spacial score (nSPS) is 17.3. The first-order valence-electron chi connectivity index (χ1n) is 7.58. The van der Waals surface area contributed by atoms with Crippen LogP contribution in [0.1, 0.15) is 11.1 Å². The Bertz CT molecular complexity index is 600. The summed E-state index contributed by atoms with van der Waals surface area (Å²) < 4.78 is 0. The van der Waals surface area contributed by atoms with Gasteiger partial charge in [-0.2, -0.15) is 0 Å². The Morgan fingerprint density at radius 2 is 1.78 bits per heavy atom. The smallest absolute Gasteiger partial charge is 0.231 e. The number of piperazine rings is 1. The van der Waals surface area contributed by atoms with Gasteiger partial charge < -0.3 is 22.1 Å². The van der Waals surface area contributed by atoms with Gasteiger partial charge >= 0.3 is 0 Å². The fourth-order valence-corrected chi connectivity index (χ4v) is 2.47. The Morgan fingerprint density at radius 1 is 1.17 bits per heavy atom. The third-order valence-electron chi connectivity index (χ3n) is 3.82. The number of nitrogens with two attached hydrogens (primary N) is 3. The van der Waals surface area contributed by atoms with Crippen LogP contribution in [0.4, 0.5) is 0 Å². The fraction of sp³-hybridized carbons (Fsp3) is 0.375. The third kappa shape index (κ3) is 4.72. The fourth-order valence-electron chi connectivity index (χ4n) is 2.47. The largest absolute Gasteiger partial charge is 0.403 e. The summed E-state index contributed by atoms with van der Waals surface area (Å²) in [5.41, 5.74) is 19.8. The molecule has 7 heteroatoms. The number of primary amides is 1. The van der Waals surface area contributed by atoms with Crippen LogP contribution in [0.15, 0.2) is 35.5 Å². The molecule has 0 radical (unpaired) electrons. The molecule has 7 nitrogen and oxygen atoms in total. The lowest BCUT2D eigenvalue weighted by atomic mass is 10.1. The van der Waals surface area contributed by atoms with Crippen molar-refractivity contribution in [2.45, 2.75) is 6.92 Å². The molecular weight excluding hydrogens is 292 g/mol. The minimum atomic E-state index is -0.312. The molecule has 2 rings (SSSR count). The number of nitrogens with zero attached hydrogens (tertiary/aromatic N) is 3. The van der Waals surface area contributed by atoms with Crippen molar-refractivity contribution < 1.29 is 4.79 Å². The van der Waals surface area contributed by atoms with E-state index >= 15 is 0 Å². The number of carbonyl (C=O) groups is 1. The van der Waals surface area contributed by atoms with Crippen molar-refractivity contribution in [2.24, 2.45) is 22.2 Å². The van der Waals surface area contributed by atoms with Crippen LogP contribution in [0.5, 0.6) is 0 Å². The van der Waals surface area contributed by atoms with Crippen LogP contribution in [0.25, 0.3) is 5.70 Å². The molecule has 124 valence electrons.